The normalized spacial score (nSPS) is 23.1. The Bertz CT molecular complexity index is 1010. The summed E-state index contributed by atoms with van der Waals surface area (Å²) in [4.78, 5) is 25.9. The molecule has 0 bridgehead atoms. The molecule has 0 unspecified atom stereocenters. The maximum atomic E-state index is 12.6. The van der Waals surface area contributed by atoms with Gasteiger partial charge in [-0.3, -0.25) is 5.10 Å². The predicted octanol–water partition coefficient (Wildman–Crippen LogP) is 5.30. The first-order chi connectivity index (χ1) is 16.0. The fourth-order valence-corrected chi connectivity index (χ4v) is 5.22. The van der Waals surface area contributed by atoms with Crippen molar-refractivity contribution in [2.24, 2.45) is 5.41 Å². The number of H-pyrrole nitrogens is 1. The van der Waals surface area contributed by atoms with Gasteiger partial charge in [0, 0.05) is 37.9 Å². The van der Waals surface area contributed by atoms with E-state index in [2.05, 4.69) is 30.4 Å². The molecule has 0 aromatic carbocycles. The molecule has 2 aromatic rings. The molecule has 2 aromatic heterocycles. The van der Waals surface area contributed by atoms with Gasteiger partial charge in [0.2, 0.25) is 5.95 Å². The number of halogens is 1. The molecular weight excluding hydrogens is 454 g/mol. The van der Waals surface area contributed by atoms with Crippen LogP contribution in [-0.2, 0) is 4.74 Å². The van der Waals surface area contributed by atoms with Crippen LogP contribution >= 0.6 is 11.6 Å². The summed E-state index contributed by atoms with van der Waals surface area (Å²) < 4.78 is 5.63. The van der Waals surface area contributed by atoms with Crippen molar-refractivity contribution in [3.63, 3.8) is 0 Å². The molecule has 10 heteroatoms. The molecule has 186 valence electrons. The van der Waals surface area contributed by atoms with E-state index in [1.54, 1.807) is 6.20 Å². The fourth-order valence-electron chi connectivity index (χ4n) is 5.08. The Hall–Kier alpha value is -2.55. The molecule has 0 atom stereocenters. The zero-order valence-corrected chi connectivity index (χ0v) is 21.6. The van der Waals surface area contributed by atoms with Crippen LogP contribution in [0, 0.1) is 12.3 Å². The summed E-state index contributed by atoms with van der Waals surface area (Å²) in [5, 5.41) is 10.7. The molecule has 1 aliphatic heterocycles. The van der Waals surface area contributed by atoms with Crippen LogP contribution in [0.25, 0.3) is 0 Å². The molecule has 1 spiro atoms. The standard InChI is InChI=1S/C24H36ClN7O2/c1-16-13-19(30-29-16)27-20-18(25)14-26-21(28-20)31(5)17-7-10-24(11-8-17)9-6-12-32(15-24)22(33)34-23(2,3)4/h13-14,17H,6-12,15H2,1-5H3,(H2,26,27,28,29,30). The number of nitrogens with zero attached hydrogens (tertiary/aromatic N) is 5. The molecule has 3 heterocycles. The molecule has 1 amide bonds. The van der Waals surface area contributed by atoms with Gasteiger partial charge in [0.05, 0.1) is 6.20 Å². The molecule has 2 aliphatic rings. The third kappa shape index (κ3) is 5.74. The van der Waals surface area contributed by atoms with Crippen molar-refractivity contribution in [1.82, 2.24) is 25.1 Å². The summed E-state index contributed by atoms with van der Waals surface area (Å²) in [6.07, 6.45) is 7.86. The monoisotopic (exact) mass is 489 g/mol. The third-order valence-electron chi connectivity index (χ3n) is 6.88. The molecule has 4 rings (SSSR count). The number of aryl methyl sites for hydroxylation is 1. The van der Waals surface area contributed by atoms with Crippen molar-refractivity contribution in [2.45, 2.75) is 77.9 Å². The van der Waals surface area contributed by atoms with Crippen molar-refractivity contribution in [1.29, 1.82) is 0 Å². The number of carbonyl (C=O) groups excluding carboxylic acids is 1. The Morgan fingerprint density at radius 3 is 2.71 bits per heavy atom. The van der Waals surface area contributed by atoms with Gasteiger partial charge in [0.25, 0.3) is 0 Å². The van der Waals surface area contributed by atoms with E-state index in [9.17, 15) is 4.79 Å². The van der Waals surface area contributed by atoms with Crippen LogP contribution in [0.3, 0.4) is 0 Å². The third-order valence-corrected chi connectivity index (χ3v) is 7.15. The van der Waals surface area contributed by atoms with E-state index in [0.29, 0.717) is 28.6 Å². The van der Waals surface area contributed by atoms with E-state index in [4.69, 9.17) is 16.3 Å². The lowest BCUT2D eigenvalue weighted by molar-refractivity contribution is -0.00452. The number of aromatic amines is 1. The molecular formula is C24H36ClN7O2. The van der Waals surface area contributed by atoms with E-state index in [1.165, 1.54) is 0 Å². The summed E-state index contributed by atoms with van der Waals surface area (Å²) in [6, 6.07) is 2.23. The van der Waals surface area contributed by atoms with Crippen LogP contribution in [0.5, 0.6) is 0 Å². The largest absolute Gasteiger partial charge is 0.444 e. The second-order valence-corrected chi connectivity index (χ2v) is 11.2. The maximum absolute atomic E-state index is 12.6. The van der Waals surface area contributed by atoms with Crippen LogP contribution in [-0.4, -0.2) is 62.9 Å². The van der Waals surface area contributed by atoms with Crippen LogP contribution in [0.1, 0.15) is 65.0 Å². The number of amides is 1. The highest BCUT2D eigenvalue weighted by Crippen LogP contribution is 2.44. The van der Waals surface area contributed by atoms with Crippen molar-refractivity contribution >= 4 is 35.3 Å². The molecule has 2 fully saturated rings. The molecule has 0 radical (unpaired) electrons. The van der Waals surface area contributed by atoms with Gasteiger partial charge in [-0.2, -0.15) is 10.1 Å². The highest BCUT2D eigenvalue weighted by Gasteiger charge is 2.42. The fraction of sp³-hybridized carbons (Fsp3) is 0.667. The second kappa shape index (κ2) is 9.60. The number of likely N-dealkylation sites (tertiary alicyclic amines) is 1. The summed E-state index contributed by atoms with van der Waals surface area (Å²) >= 11 is 6.33. The van der Waals surface area contributed by atoms with E-state index < -0.39 is 5.60 Å². The van der Waals surface area contributed by atoms with Gasteiger partial charge in [0.1, 0.15) is 10.6 Å². The van der Waals surface area contributed by atoms with Gasteiger partial charge >= 0.3 is 6.09 Å². The number of rotatable bonds is 4. The van der Waals surface area contributed by atoms with Gasteiger partial charge in [-0.25, -0.2) is 9.78 Å². The van der Waals surface area contributed by atoms with Crippen molar-refractivity contribution < 1.29 is 9.53 Å². The SMILES string of the molecule is Cc1cc(Nc2nc(N(C)C3CCC4(CCCN(C(=O)OC(C)(C)C)C4)CC3)ncc2Cl)n[nH]1. The minimum Gasteiger partial charge on any atom is -0.444 e. The van der Waals surface area contributed by atoms with Crippen LogP contribution in [0.15, 0.2) is 12.3 Å². The number of aromatic nitrogens is 4. The minimum atomic E-state index is -0.468. The summed E-state index contributed by atoms with van der Waals surface area (Å²) in [5.74, 6) is 1.84. The zero-order chi connectivity index (χ0) is 24.5. The molecule has 9 nitrogen and oxygen atoms in total. The first-order valence-corrected chi connectivity index (χ1v) is 12.4. The first-order valence-electron chi connectivity index (χ1n) is 12.1. The summed E-state index contributed by atoms with van der Waals surface area (Å²) in [7, 11) is 2.04. The average Bonchev–Trinajstić information content (AvgIpc) is 3.19. The zero-order valence-electron chi connectivity index (χ0n) is 20.8. The van der Waals surface area contributed by atoms with Crippen LogP contribution < -0.4 is 10.2 Å². The van der Waals surface area contributed by atoms with E-state index in [-0.39, 0.29) is 11.5 Å². The van der Waals surface area contributed by atoms with Gasteiger partial charge in [-0.1, -0.05) is 11.6 Å². The smallest absolute Gasteiger partial charge is 0.410 e. The van der Waals surface area contributed by atoms with Gasteiger partial charge in [-0.05, 0) is 71.6 Å². The lowest BCUT2D eigenvalue weighted by Gasteiger charge is -2.48. The highest BCUT2D eigenvalue weighted by molar-refractivity contribution is 6.32. The number of piperidine rings is 1. The Morgan fingerprint density at radius 2 is 2.06 bits per heavy atom. The predicted molar refractivity (Wildman–Crippen MR) is 134 cm³/mol. The number of anilines is 3. The Labute approximate surface area is 206 Å². The molecule has 34 heavy (non-hydrogen) atoms. The van der Waals surface area contributed by atoms with E-state index in [0.717, 1.165) is 57.3 Å². The number of carbonyl (C=O) groups is 1. The summed E-state index contributed by atoms with van der Waals surface area (Å²) in [5.41, 5.74) is 0.663. The Balaban J connectivity index is 1.38. The number of nitrogens with one attached hydrogen (secondary N) is 2. The minimum absolute atomic E-state index is 0.178. The lowest BCUT2D eigenvalue weighted by Crippen LogP contribution is -2.50. The molecule has 2 N–H and O–H groups in total. The molecule has 1 saturated carbocycles. The number of ether oxygens (including phenoxy) is 1. The average molecular weight is 490 g/mol. The summed E-state index contributed by atoms with van der Waals surface area (Å²) in [6.45, 7) is 9.26. The number of hydrogen-bond donors (Lipinski definition) is 2. The molecule has 1 aliphatic carbocycles. The van der Waals surface area contributed by atoms with Crippen molar-refractivity contribution in [2.75, 3.05) is 30.4 Å². The van der Waals surface area contributed by atoms with E-state index >= 15 is 0 Å². The quantitative estimate of drug-likeness (QED) is 0.600. The van der Waals surface area contributed by atoms with Gasteiger partial charge in [0.15, 0.2) is 11.6 Å². The number of hydrogen-bond acceptors (Lipinski definition) is 7. The van der Waals surface area contributed by atoms with Gasteiger partial charge in [-0.15, -0.1) is 0 Å². The second-order valence-electron chi connectivity index (χ2n) is 10.8. The lowest BCUT2D eigenvalue weighted by atomic mass is 9.68. The Morgan fingerprint density at radius 1 is 1.32 bits per heavy atom. The van der Waals surface area contributed by atoms with Gasteiger partial charge < -0.3 is 19.9 Å². The van der Waals surface area contributed by atoms with Crippen LogP contribution in [0.4, 0.5) is 22.4 Å². The van der Waals surface area contributed by atoms with E-state index in [1.807, 2.05) is 45.7 Å². The Kier molecular flexibility index (Phi) is 6.94. The first kappa shape index (κ1) is 24.6. The van der Waals surface area contributed by atoms with Crippen LogP contribution in [0.2, 0.25) is 5.02 Å². The van der Waals surface area contributed by atoms with Crippen molar-refractivity contribution in [3.05, 3.63) is 23.0 Å². The molecule has 1 saturated heterocycles. The topological polar surface area (TPSA) is 99.3 Å². The van der Waals surface area contributed by atoms with Crippen molar-refractivity contribution in [3.8, 4) is 0 Å². The maximum Gasteiger partial charge on any atom is 0.410 e. The highest BCUT2D eigenvalue weighted by atomic mass is 35.5.